The third-order valence-corrected chi connectivity index (χ3v) is 5.32. The molecule has 1 saturated heterocycles. The van der Waals surface area contributed by atoms with Crippen molar-refractivity contribution in [3.8, 4) is 0 Å². The van der Waals surface area contributed by atoms with Crippen molar-refractivity contribution in [3.63, 3.8) is 0 Å². The van der Waals surface area contributed by atoms with Crippen molar-refractivity contribution in [3.05, 3.63) is 69.2 Å². The molecule has 0 aliphatic carbocycles. The van der Waals surface area contributed by atoms with Gasteiger partial charge in [-0.3, -0.25) is 0 Å². The van der Waals surface area contributed by atoms with Crippen molar-refractivity contribution in [2.24, 2.45) is 0 Å². The van der Waals surface area contributed by atoms with Gasteiger partial charge in [0.15, 0.2) is 0 Å². The van der Waals surface area contributed by atoms with E-state index in [1.165, 1.54) is 0 Å². The molecule has 0 saturated carbocycles. The monoisotopic (exact) mass is 410 g/mol. The predicted octanol–water partition coefficient (Wildman–Crippen LogP) is 3.71. The Labute approximate surface area is 169 Å². The van der Waals surface area contributed by atoms with Crippen molar-refractivity contribution < 1.29 is 20.1 Å². The number of aryl methyl sites for hydroxylation is 2. The summed E-state index contributed by atoms with van der Waals surface area (Å²) in [5.74, 6) is 0. The number of hydrogen-bond acceptors (Lipinski definition) is 4. The van der Waals surface area contributed by atoms with Crippen LogP contribution in [0.25, 0.3) is 0 Å². The topological polar surface area (TPSA) is 69.9 Å². The van der Waals surface area contributed by atoms with Crippen LogP contribution in [0.2, 0.25) is 10.0 Å². The summed E-state index contributed by atoms with van der Waals surface area (Å²) in [4.78, 5) is 0. The second-order valence-electron chi connectivity index (χ2n) is 7.03. The molecule has 0 amide bonds. The summed E-state index contributed by atoms with van der Waals surface area (Å²) in [5.41, 5.74) is 3.03. The normalized spacial score (nSPS) is 25.5. The first-order valence-corrected chi connectivity index (χ1v) is 9.88. The fourth-order valence-electron chi connectivity index (χ4n) is 3.52. The molecule has 3 rings (SSSR count). The molecular weight excluding hydrogens is 387 g/mol. The second kappa shape index (κ2) is 9.37. The van der Waals surface area contributed by atoms with Crippen molar-refractivity contribution in [2.75, 3.05) is 6.61 Å². The maximum absolute atomic E-state index is 10.3. The molecule has 146 valence electrons. The number of aliphatic hydroxyl groups is 3. The van der Waals surface area contributed by atoms with Crippen LogP contribution in [-0.4, -0.2) is 40.2 Å². The van der Waals surface area contributed by atoms with E-state index in [0.717, 1.165) is 36.0 Å². The third kappa shape index (κ3) is 5.44. The van der Waals surface area contributed by atoms with Crippen LogP contribution in [0.1, 0.15) is 35.6 Å². The van der Waals surface area contributed by atoms with Crippen LogP contribution < -0.4 is 0 Å². The molecule has 4 nitrogen and oxygen atoms in total. The summed E-state index contributed by atoms with van der Waals surface area (Å²) in [7, 11) is 0. The Morgan fingerprint density at radius 1 is 0.963 bits per heavy atom. The van der Waals surface area contributed by atoms with Gasteiger partial charge in [0, 0.05) is 16.5 Å². The first-order valence-electron chi connectivity index (χ1n) is 9.12. The van der Waals surface area contributed by atoms with Crippen molar-refractivity contribution in [1.29, 1.82) is 0 Å². The van der Waals surface area contributed by atoms with Gasteiger partial charge < -0.3 is 20.1 Å². The van der Waals surface area contributed by atoms with Gasteiger partial charge in [-0.25, -0.2) is 0 Å². The average molecular weight is 411 g/mol. The van der Waals surface area contributed by atoms with E-state index in [4.69, 9.17) is 27.9 Å². The number of rotatable bonds is 6. The molecule has 0 aromatic heterocycles. The molecule has 2 aromatic rings. The number of benzene rings is 2. The maximum Gasteiger partial charge on any atom is 0.111 e. The molecule has 0 radical (unpaired) electrons. The minimum Gasteiger partial charge on any atom is -0.394 e. The summed E-state index contributed by atoms with van der Waals surface area (Å²) in [6.45, 7) is -0.178. The van der Waals surface area contributed by atoms with Crippen molar-refractivity contribution in [2.45, 2.75) is 50.1 Å². The first kappa shape index (κ1) is 20.6. The fourth-order valence-corrected chi connectivity index (χ4v) is 4.10. The largest absolute Gasteiger partial charge is 0.394 e. The van der Waals surface area contributed by atoms with E-state index in [1.807, 2.05) is 36.4 Å². The quantitative estimate of drug-likeness (QED) is 0.678. The van der Waals surface area contributed by atoms with Crippen LogP contribution in [0.5, 0.6) is 0 Å². The minimum absolute atomic E-state index is 0.178. The molecule has 0 bridgehead atoms. The van der Waals surface area contributed by atoms with Gasteiger partial charge in [0.25, 0.3) is 0 Å². The van der Waals surface area contributed by atoms with Gasteiger partial charge in [0.1, 0.15) is 12.2 Å². The minimum atomic E-state index is -1.00. The average Bonchev–Trinajstić information content (AvgIpc) is 2.63. The molecular formula is C21H24Cl2O4. The maximum atomic E-state index is 10.3. The van der Waals surface area contributed by atoms with Crippen LogP contribution in [-0.2, 0) is 17.6 Å². The summed E-state index contributed by atoms with van der Waals surface area (Å²) < 4.78 is 5.77. The van der Waals surface area contributed by atoms with E-state index < -0.39 is 24.4 Å². The first-order chi connectivity index (χ1) is 13.0. The zero-order valence-electron chi connectivity index (χ0n) is 14.9. The lowest BCUT2D eigenvalue weighted by atomic mass is 9.92. The highest BCUT2D eigenvalue weighted by Crippen LogP contribution is 2.32. The van der Waals surface area contributed by atoms with Gasteiger partial charge in [-0.05, 0) is 54.2 Å². The van der Waals surface area contributed by atoms with Crippen LogP contribution in [0.4, 0.5) is 0 Å². The highest BCUT2D eigenvalue weighted by atomic mass is 35.5. The molecule has 4 atom stereocenters. The van der Waals surface area contributed by atoms with E-state index in [1.54, 1.807) is 6.07 Å². The third-order valence-electron chi connectivity index (χ3n) is 4.88. The summed E-state index contributed by atoms with van der Waals surface area (Å²) >= 11 is 12.1. The molecule has 2 aromatic carbocycles. The molecule has 3 N–H and O–H groups in total. The highest BCUT2D eigenvalue weighted by Gasteiger charge is 2.37. The van der Waals surface area contributed by atoms with E-state index >= 15 is 0 Å². The highest BCUT2D eigenvalue weighted by molar-refractivity contribution is 6.34. The van der Waals surface area contributed by atoms with Gasteiger partial charge in [-0.1, -0.05) is 47.5 Å². The lowest BCUT2D eigenvalue weighted by Gasteiger charge is -2.37. The number of hydrogen-bond donors (Lipinski definition) is 3. The fraction of sp³-hybridized carbons (Fsp3) is 0.429. The molecule has 1 aliphatic heterocycles. The van der Waals surface area contributed by atoms with Crippen molar-refractivity contribution >= 4 is 23.2 Å². The molecule has 6 heteroatoms. The Kier molecular flexibility index (Phi) is 7.15. The number of ether oxygens (including phenoxy) is 1. The zero-order chi connectivity index (χ0) is 19.4. The Morgan fingerprint density at radius 2 is 1.67 bits per heavy atom. The molecule has 1 aliphatic rings. The van der Waals surface area contributed by atoms with Gasteiger partial charge in [-0.2, -0.15) is 0 Å². The number of halogens is 2. The summed E-state index contributed by atoms with van der Waals surface area (Å²) in [6, 6.07) is 13.4. The van der Waals surface area contributed by atoms with Crippen molar-refractivity contribution in [1.82, 2.24) is 0 Å². The van der Waals surface area contributed by atoms with E-state index in [2.05, 4.69) is 0 Å². The Morgan fingerprint density at radius 3 is 2.37 bits per heavy atom. The second-order valence-corrected chi connectivity index (χ2v) is 7.90. The Hall–Kier alpha value is -1.14. The van der Waals surface area contributed by atoms with Crippen LogP contribution in [0.15, 0.2) is 42.5 Å². The lowest BCUT2D eigenvalue weighted by molar-refractivity contribution is -0.179. The van der Waals surface area contributed by atoms with E-state index in [-0.39, 0.29) is 13.0 Å². The van der Waals surface area contributed by atoms with Crippen LogP contribution in [0, 0.1) is 0 Å². The molecule has 3 unspecified atom stereocenters. The van der Waals surface area contributed by atoms with Crippen LogP contribution in [0.3, 0.4) is 0 Å². The van der Waals surface area contributed by atoms with Gasteiger partial charge >= 0.3 is 0 Å². The molecule has 27 heavy (non-hydrogen) atoms. The number of aliphatic hydroxyl groups excluding tert-OH is 3. The Bertz CT molecular complexity index is 747. The summed E-state index contributed by atoms with van der Waals surface area (Å²) in [5, 5.41) is 30.9. The summed E-state index contributed by atoms with van der Waals surface area (Å²) in [6.07, 6.45) is -0.145. The molecule has 1 fully saturated rings. The SMILES string of the molecule is OCC1CC(O)C(O)[C@@H](c2cccc(CCCc3cc(Cl)cc(Cl)c3)c2)O1. The molecule has 1 heterocycles. The lowest BCUT2D eigenvalue weighted by Crippen LogP contribution is -2.44. The van der Waals surface area contributed by atoms with E-state index in [0.29, 0.717) is 10.0 Å². The van der Waals surface area contributed by atoms with Gasteiger partial charge in [0.2, 0.25) is 0 Å². The van der Waals surface area contributed by atoms with Crippen LogP contribution >= 0.6 is 23.2 Å². The van der Waals surface area contributed by atoms with Gasteiger partial charge in [0.05, 0.1) is 18.8 Å². The van der Waals surface area contributed by atoms with E-state index in [9.17, 15) is 15.3 Å². The molecule has 0 spiro atoms. The standard InChI is InChI=1S/C21H24Cl2O4/c22-16-8-14(9-17(23)10-16)5-1-3-13-4-2-6-15(7-13)21-20(26)19(25)11-18(12-24)27-21/h2,4,6-10,18-21,24-26H,1,3,5,11-12H2/t18?,19?,20?,21-/m1/s1. The smallest absolute Gasteiger partial charge is 0.111 e. The Balaban J connectivity index is 1.64. The van der Waals surface area contributed by atoms with Gasteiger partial charge in [-0.15, -0.1) is 0 Å². The zero-order valence-corrected chi connectivity index (χ0v) is 16.4. The predicted molar refractivity (Wildman–Crippen MR) is 106 cm³/mol.